The van der Waals surface area contributed by atoms with Crippen molar-refractivity contribution < 1.29 is 5.11 Å². The van der Waals surface area contributed by atoms with Crippen LogP contribution >= 0.6 is 0 Å². The van der Waals surface area contributed by atoms with Gasteiger partial charge in [0, 0.05) is 16.8 Å². The molecule has 0 amide bonds. The van der Waals surface area contributed by atoms with Crippen LogP contribution in [0, 0.1) is 0 Å². The number of nitrogens with one attached hydrogen (secondary N) is 1. The van der Waals surface area contributed by atoms with Gasteiger partial charge in [0.2, 0.25) is 0 Å². The molecular weight excluding hydrogens is 176 g/mol. The Bertz CT molecular complexity index is 613. The van der Waals surface area contributed by atoms with Crippen molar-refractivity contribution in [1.29, 1.82) is 0 Å². The van der Waals surface area contributed by atoms with Gasteiger partial charge in [-0.05, 0) is 6.07 Å². The summed E-state index contributed by atoms with van der Waals surface area (Å²) >= 11 is 0. The summed E-state index contributed by atoms with van der Waals surface area (Å²) in [7, 11) is 0. The van der Waals surface area contributed by atoms with E-state index in [4.69, 9.17) is 0 Å². The van der Waals surface area contributed by atoms with Crippen LogP contribution in [-0.2, 0) is 0 Å². The van der Waals surface area contributed by atoms with Gasteiger partial charge in [-0.1, -0.05) is 18.2 Å². The Morgan fingerprint density at radius 2 is 2.00 bits per heavy atom. The predicted molar refractivity (Wildman–Crippen MR) is 55.3 cm³/mol. The van der Waals surface area contributed by atoms with Gasteiger partial charge >= 0.3 is 0 Å². The standard InChI is InChI=1S/C11H8N2O/c14-11-5-8-7-3-1-2-4-9(7)12-6-10(8)13-11/h1-6,13-14H. The quantitative estimate of drug-likeness (QED) is 0.563. The first-order chi connectivity index (χ1) is 6.84. The number of benzene rings is 1. The number of nitrogens with zero attached hydrogens (tertiary/aromatic N) is 1. The van der Waals surface area contributed by atoms with Crippen molar-refractivity contribution in [3.63, 3.8) is 0 Å². The minimum Gasteiger partial charge on any atom is -0.495 e. The number of fused-ring (bicyclic) bond motifs is 3. The molecule has 0 aliphatic heterocycles. The van der Waals surface area contributed by atoms with Crippen LogP contribution in [0.25, 0.3) is 21.8 Å². The molecule has 0 saturated heterocycles. The highest BCUT2D eigenvalue weighted by Crippen LogP contribution is 2.25. The molecule has 0 radical (unpaired) electrons. The fourth-order valence-corrected chi connectivity index (χ4v) is 1.73. The molecule has 0 bridgehead atoms. The highest BCUT2D eigenvalue weighted by molar-refractivity contribution is 6.04. The maximum Gasteiger partial charge on any atom is 0.189 e. The number of aromatic hydroxyl groups is 1. The molecular formula is C11H8N2O. The summed E-state index contributed by atoms with van der Waals surface area (Å²) in [4.78, 5) is 7.12. The van der Waals surface area contributed by atoms with Crippen LogP contribution < -0.4 is 0 Å². The Balaban J connectivity index is 2.60. The van der Waals surface area contributed by atoms with Gasteiger partial charge in [-0.3, -0.25) is 4.98 Å². The Morgan fingerprint density at radius 1 is 1.14 bits per heavy atom. The minimum atomic E-state index is 0.179. The molecule has 2 N–H and O–H groups in total. The summed E-state index contributed by atoms with van der Waals surface area (Å²) in [6, 6.07) is 9.59. The van der Waals surface area contributed by atoms with E-state index in [1.54, 1.807) is 12.3 Å². The molecule has 0 unspecified atom stereocenters. The molecule has 0 atom stereocenters. The first kappa shape index (κ1) is 7.38. The summed E-state index contributed by atoms with van der Waals surface area (Å²) in [5.41, 5.74) is 1.81. The molecule has 3 aromatic rings. The molecule has 1 aromatic carbocycles. The number of para-hydroxylation sites is 1. The average Bonchev–Trinajstić information content (AvgIpc) is 2.59. The summed E-state index contributed by atoms with van der Waals surface area (Å²) < 4.78 is 0. The number of hydrogen-bond acceptors (Lipinski definition) is 2. The van der Waals surface area contributed by atoms with E-state index in [0.29, 0.717) is 0 Å². The van der Waals surface area contributed by atoms with Crippen molar-refractivity contribution in [2.45, 2.75) is 0 Å². The molecule has 3 rings (SSSR count). The van der Waals surface area contributed by atoms with E-state index >= 15 is 0 Å². The lowest BCUT2D eigenvalue weighted by atomic mass is 10.1. The fraction of sp³-hybridized carbons (Fsp3) is 0. The van der Waals surface area contributed by atoms with Gasteiger partial charge in [0.25, 0.3) is 0 Å². The maximum atomic E-state index is 9.33. The summed E-state index contributed by atoms with van der Waals surface area (Å²) in [6.45, 7) is 0. The van der Waals surface area contributed by atoms with Crippen molar-refractivity contribution in [3.8, 4) is 5.88 Å². The van der Waals surface area contributed by atoms with Gasteiger partial charge in [0.05, 0.1) is 17.2 Å². The van der Waals surface area contributed by atoms with E-state index in [0.717, 1.165) is 21.8 Å². The first-order valence-corrected chi connectivity index (χ1v) is 4.40. The first-order valence-electron chi connectivity index (χ1n) is 4.40. The van der Waals surface area contributed by atoms with Gasteiger partial charge in [0.1, 0.15) is 0 Å². The van der Waals surface area contributed by atoms with Crippen LogP contribution in [0.3, 0.4) is 0 Å². The van der Waals surface area contributed by atoms with Crippen LogP contribution in [-0.4, -0.2) is 15.1 Å². The van der Waals surface area contributed by atoms with Crippen LogP contribution in [0.1, 0.15) is 0 Å². The minimum absolute atomic E-state index is 0.179. The van der Waals surface area contributed by atoms with Crippen LogP contribution in [0.2, 0.25) is 0 Å². The molecule has 0 saturated carbocycles. The monoisotopic (exact) mass is 184 g/mol. The normalized spacial score (nSPS) is 11.1. The molecule has 3 heteroatoms. The molecule has 2 aromatic heterocycles. The fourth-order valence-electron chi connectivity index (χ4n) is 1.73. The molecule has 14 heavy (non-hydrogen) atoms. The summed E-state index contributed by atoms with van der Waals surface area (Å²) in [5, 5.41) is 11.4. The van der Waals surface area contributed by atoms with Gasteiger partial charge in [-0.2, -0.15) is 0 Å². The Morgan fingerprint density at radius 3 is 2.93 bits per heavy atom. The second kappa shape index (κ2) is 2.48. The predicted octanol–water partition coefficient (Wildman–Crippen LogP) is 2.42. The van der Waals surface area contributed by atoms with E-state index in [2.05, 4.69) is 9.97 Å². The van der Waals surface area contributed by atoms with Crippen LogP contribution in [0.4, 0.5) is 0 Å². The van der Waals surface area contributed by atoms with E-state index in [1.807, 2.05) is 24.3 Å². The molecule has 0 aliphatic rings. The van der Waals surface area contributed by atoms with Gasteiger partial charge in [-0.25, -0.2) is 0 Å². The number of aromatic amines is 1. The molecule has 0 fully saturated rings. The highest BCUT2D eigenvalue weighted by Gasteiger charge is 2.03. The Kier molecular flexibility index (Phi) is 1.31. The van der Waals surface area contributed by atoms with Gasteiger partial charge < -0.3 is 10.1 Å². The Labute approximate surface area is 80.0 Å². The molecule has 0 spiro atoms. The van der Waals surface area contributed by atoms with E-state index in [1.165, 1.54) is 0 Å². The highest BCUT2D eigenvalue weighted by atomic mass is 16.3. The third kappa shape index (κ3) is 0.893. The zero-order valence-electron chi connectivity index (χ0n) is 7.36. The SMILES string of the molecule is Oc1cc2c(cnc3ccccc32)[nH]1. The number of H-pyrrole nitrogens is 1. The number of hydrogen-bond donors (Lipinski definition) is 2. The lowest BCUT2D eigenvalue weighted by Gasteiger charge is -1.96. The molecule has 0 aliphatic carbocycles. The molecule has 68 valence electrons. The van der Waals surface area contributed by atoms with E-state index < -0.39 is 0 Å². The maximum absolute atomic E-state index is 9.33. The number of pyridine rings is 1. The largest absolute Gasteiger partial charge is 0.495 e. The van der Waals surface area contributed by atoms with Crippen LogP contribution in [0.5, 0.6) is 5.88 Å². The molecule has 2 heterocycles. The molecule has 3 nitrogen and oxygen atoms in total. The topological polar surface area (TPSA) is 48.9 Å². The average molecular weight is 184 g/mol. The zero-order chi connectivity index (χ0) is 9.54. The van der Waals surface area contributed by atoms with Crippen molar-refractivity contribution in [3.05, 3.63) is 36.5 Å². The number of rotatable bonds is 0. The third-order valence-corrected chi connectivity index (χ3v) is 2.36. The van der Waals surface area contributed by atoms with Crippen molar-refractivity contribution >= 4 is 21.8 Å². The number of aromatic nitrogens is 2. The summed E-state index contributed by atoms with van der Waals surface area (Å²) in [6.07, 6.45) is 1.73. The van der Waals surface area contributed by atoms with Crippen LogP contribution in [0.15, 0.2) is 36.5 Å². The summed E-state index contributed by atoms with van der Waals surface area (Å²) in [5.74, 6) is 0.179. The van der Waals surface area contributed by atoms with Gasteiger partial charge in [-0.15, -0.1) is 0 Å². The van der Waals surface area contributed by atoms with Gasteiger partial charge in [0.15, 0.2) is 5.88 Å². The van der Waals surface area contributed by atoms with Crippen molar-refractivity contribution in [2.24, 2.45) is 0 Å². The smallest absolute Gasteiger partial charge is 0.189 e. The Hall–Kier alpha value is -2.03. The van der Waals surface area contributed by atoms with E-state index in [-0.39, 0.29) is 5.88 Å². The van der Waals surface area contributed by atoms with Crippen molar-refractivity contribution in [2.75, 3.05) is 0 Å². The second-order valence-electron chi connectivity index (χ2n) is 3.26. The third-order valence-electron chi connectivity index (χ3n) is 2.36. The van der Waals surface area contributed by atoms with Crippen molar-refractivity contribution in [1.82, 2.24) is 9.97 Å². The van der Waals surface area contributed by atoms with E-state index in [9.17, 15) is 5.11 Å². The zero-order valence-corrected chi connectivity index (χ0v) is 7.36. The lowest BCUT2D eigenvalue weighted by Crippen LogP contribution is -1.78. The second-order valence-corrected chi connectivity index (χ2v) is 3.26. The lowest BCUT2D eigenvalue weighted by molar-refractivity contribution is 0.458.